The van der Waals surface area contributed by atoms with E-state index in [0.717, 1.165) is 16.8 Å². The summed E-state index contributed by atoms with van der Waals surface area (Å²) in [6.45, 7) is 0. The molecule has 0 spiro atoms. The lowest BCUT2D eigenvalue weighted by Crippen LogP contribution is -2.20. The van der Waals surface area contributed by atoms with Crippen LogP contribution in [-0.2, 0) is 0 Å². The summed E-state index contributed by atoms with van der Waals surface area (Å²) in [5.74, 6) is -0.0323. The molecule has 1 atom stereocenters. The van der Waals surface area contributed by atoms with Crippen molar-refractivity contribution in [3.05, 3.63) is 117 Å². The number of carbonyl (C=O) groups excluding carboxylic acids is 1. The maximum atomic E-state index is 12.7. The van der Waals surface area contributed by atoms with Gasteiger partial charge in [0.1, 0.15) is 6.04 Å². The highest BCUT2D eigenvalue weighted by molar-refractivity contribution is 6.30. The van der Waals surface area contributed by atoms with Crippen LogP contribution in [0.25, 0.3) is 5.70 Å². The van der Waals surface area contributed by atoms with Crippen LogP contribution in [0.5, 0.6) is 0 Å². The highest BCUT2D eigenvalue weighted by atomic mass is 35.5. The number of non-ortho nitro benzene ring substituents is 1. The number of rotatable bonds is 5. The zero-order chi connectivity index (χ0) is 23.7. The van der Waals surface area contributed by atoms with E-state index in [0.29, 0.717) is 11.0 Å². The summed E-state index contributed by atoms with van der Waals surface area (Å²) >= 11 is 6.04. The number of amides is 1. The summed E-state index contributed by atoms with van der Waals surface area (Å²) in [5, 5.41) is 22.0. The molecule has 0 fully saturated rings. The van der Waals surface area contributed by atoms with Gasteiger partial charge in [-0.3, -0.25) is 20.2 Å². The fourth-order valence-electron chi connectivity index (χ4n) is 3.67. The number of anilines is 2. The Kier molecular flexibility index (Phi) is 5.52. The number of fused-ring (bicyclic) bond motifs is 1. The van der Waals surface area contributed by atoms with Crippen molar-refractivity contribution in [2.45, 2.75) is 6.04 Å². The number of halogens is 1. The molecular formula is C24H17ClN6O3. The molecule has 0 saturated carbocycles. The first-order chi connectivity index (χ1) is 16.5. The standard InChI is InChI=1S/C24H17ClN6O3/c25-18-11-9-15(10-12-18)20-14-21(16-5-2-1-3-6-16)30-24(26-20)28-23(29-30)27-22(32)17-7-4-8-19(13-17)31(33)34/h1-14,21H,(H2,26,27,28,29,32)/t21-/m0/s1. The van der Waals surface area contributed by atoms with Crippen LogP contribution in [0.2, 0.25) is 5.02 Å². The van der Waals surface area contributed by atoms with Crippen molar-refractivity contribution in [1.29, 1.82) is 0 Å². The van der Waals surface area contributed by atoms with Crippen LogP contribution in [0.4, 0.5) is 17.6 Å². The van der Waals surface area contributed by atoms with Crippen molar-refractivity contribution < 1.29 is 9.72 Å². The molecule has 9 nitrogen and oxygen atoms in total. The molecule has 1 aliphatic rings. The molecule has 0 unspecified atom stereocenters. The number of nitro groups is 1. The molecule has 1 aliphatic heterocycles. The monoisotopic (exact) mass is 472 g/mol. The Hall–Kier alpha value is -4.50. The second-order valence-electron chi connectivity index (χ2n) is 7.53. The van der Waals surface area contributed by atoms with E-state index in [-0.39, 0.29) is 23.2 Å². The van der Waals surface area contributed by atoms with Gasteiger partial charge < -0.3 is 5.32 Å². The number of hydrogen-bond acceptors (Lipinski definition) is 6. The second-order valence-corrected chi connectivity index (χ2v) is 7.97. The minimum Gasteiger partial charge on any atom is -0.324 e. The van der Waals surface area contributed by atoms with Gasteiger partial charge in [-0.25, -0.2) is 4.68 Å². The number of hydrogen-bond donors (Lipinski definition) is 2. The first-order valence-corrected chi connectivity index (χ1v) is 10.7. The number of carbonyl (C=O) groups is 1. The minimum absolute atomic E-state index is 0.0747. The molecule has 1 aromatic heterocycles. The largest absolute Gasteiger partial charge is 0.324 e. The lowest BCUT2D eigenvalue weighted by atomic mass is 10.0. The van der Waals surface area contributed by atoms with Crippen LogP contribution in [0, 0.1) is 10.1 Å². The number of allylic oxidation sites excluding steroid dienone is 1. The van der Waals surface area contributed by atoms with Gasteiger partial charge in [0.15, 0.2) is 0 Å². The summed E-state index contributed by atoms with van der Waals surface area (Å²) in [5.41, 5.74) is 2.68. The first kappa shape index (κ1) is 21.4. The molecule has 1 amide bonds. The first-order valence-electron chi connectivity index (χ1n) is 10.3. The lowest BCUT2D eigenvalue weighted by molar-refractivity contribution is -0.384. The van der Waals surface area contributed by atoms with E-state index in [1.54, 1.807) is 16.8 Å². The van der Waals surface area contributed by atoms with Crippen LogP contribution < -0.4 is 10.6 Å². The van der Waals surface area contributed by atoms with Gasteiger partial charge in [-0.05, 0) is 35.4 Å². The summed E-state index contributed by atoms with van der Waals surface area (Å²) in [4.78, 5) is 27.6. The van der Waals surface area contributed by atoms with E-state index in [2.05, 4.69) is 20.7 Å². The highest BCUT2D eigenvalue weighted by Crippen LogP contribution is 2.33. The molecule has 3 aromatic carbocycles. The molecular weight excluding hydrogens is 456 g/mol. The van der Waals surface area contributed by atoms with E-state index in [4.69, 9.17) is 11.6 Å². The number of benzene rings is 3. The molecule has 0 aliphatic carbocycles. The summed E-state index contributed by atoms with van der Waals surface area (Å²) in [6, 6.07) is 22.4. The highest BCUT2D eigenvalue weighted by Gasteiger charge is 2.26. The molecule has 10 heteroatoms. The molecule has 34 heavy (non-hydrogen) atoms. The van der Waals surface area contributed by atoms with Gasteiger partial charge in [-0.15, -0.1) is 5.10 Å². The summed E-state index contributed by atoms with van der Waals surface area (Å²) in [7, 11) is 0. The molecule has 4 aromatic rings. The van der Waals surface area contributed by atoms with Crippen LogP contribution >= 0.6 is 11.6 Å². The summed E-state index contributed by atoms with van der Waals surface area (Å²) < 4.78 is 1.68. The topological polar surface area (TPSA) is 115 Å². The zero-order valence-corrected chi connectivity index (χ0v) is 18.3. The number of nitrogens with zero attached hydrogens (tertiary/aromatic N) is 4. The fraction of sp³-hybridized carbons (Fsp3) is 0.0417. The van der Waals surface area contributed by atoms with E-state index in [1.165, 1.54) is 24.3 Å². The number of nitrogens with one attached hydrogen (secondary N) is 2. The Labute approximate surface area is 198 Å². The van der Waals surface area contributed by atoms with Crippen LogP contribution in [0.1, 0.15) is 27.5 Å². The summed E-state index contributed by atoms with van der Waals surface area (Å²) in [6.07, 6.45) is 2.02. The Morgan fingerprint density at radius 1 is 1.06 bits per heavy atom. The zero-order valence-electron chi connectivity index (χ0n) is 17.6. The Bertz CT molecular complexity index is 1420. The lowest BCUT2D eigenvalue weighted by Gasteiger charge is -2.24. The average Bonchev–Trinajstić information content (AvgIpc) is 3.26. The van der Waals surface area contributed by atoms with Gasteiger partial charge in [0.25, 0.3) is 17.5 Å². The maximum absolute atomic E-state index is 12.7. The van der Waals surface area contributed by atoms with Gasteiger partial charge >= 0.3 is 0 Å². The van der Waals surface area contributed by atoms with Crippen LogP contribution in [0.3, 0.4) is 0 Å². The third kappa shape index (κ3) is 4.24. The molecule has 168 valence electrons. The Balaban J connectivity index is 1.48. The Morgan fingerprint density at radius 3 is 2.56 bits per heavy atom. The van der Waals surface area contributed by atoms with Gasteiger partial charge in [0.05, 0.1) is 4.92 Å². The normalized spacial score (nSPS) is 14.5. The number of aromatic nitrogens is 3. The van der Waals surface area contributed by atoms with Crippen LogP contribution in [0.15, 0.2) is 84.9 Å². The van der Waals surface area contributed by atoms with Crippen molar-refractivity contribution in [3.8, 4) is 0 Å². The molecule has 0 radical (unpaired) electrons. The average molecular weight is 473 g/mol. The fourth-order valence-corrected chi connectivity index (χ4v) is 3.79. The third-order valence-corrected chi connectivity index (χ3v) is 5.56. The van der Waals surface area contributed by atoms with E-state index >= 15 is 0 Å². The van der Waals surface area contributed by atoms with E-state index in [9.17, 15) is 14.9 Å². The van der Waals surface area contributed by atoms with Gasteiger partial charge in [-0.1, -0.05) is 60.1 Å². The predicted molar refractivity (Wildman–Crippen MR) is 129 cm³/mol. The number of nitro benzene ring substituents is 1. The van der Waals surface area contributed by atoms with E-state index in [1.807, 2.05) is 48.5 Å². The van der Waals surface area contributed by atoms with Crippen molar-refractivity contribution in [2.24, 2.45) is 0 Å². The molecule has 0 saturated heterocycles. The smallest absolute Gasteiger partial charge is 0.270 e. The van der Waals surface area contributed by atoms with Gasteiger partial charge in [0.2, 0.25) is 5.95 Å². The van der Waals surface area contributed by atoms with Crippen molar-refractivity contribution >= 4 is 40.8 Å². The molecule has 0 bridgehead atoms. The van der Waals surface area contributed by atoms with Crippen molar-refractivity contribution in [1.82, 2.24) is 14.8 Å². The van der Waals surface area contributed by atoms with Gasteiger partial charge in [0, 0.05) is 28.4 Å². The quantitative estimate of drug-likeness (QED) is 0.306. The maximum Gasteiger partial charge on any atom is 0.270 e. The van der Waals surface area contributed by atoms with Crippen molar-refractivity contribution in [2.75, 3.05) is 10.6 Å². The SMILES string of the molecule is O=C(Nc1nc2n(n1)[C@H](c1ccccc1)C=C(c1ccc(Cl)cc1)N2)c1cccc([N+](=O)[O-])c1. The Morgan fingerprint density at radius 2 is 1.82 bits per heavy atom. The second kappa shape index (κ2) is 8.80. The van der Waals surface area contributed by atoms with E-state index < -0.39 is 10.8 Å². The molecule has 2 N–H and O–H groups in total. The third-order valence-electron chi connectivity index (χ3n) is 5.31. The molecule has 2 heterocycles. The van der Waals surface area contributed by atoms with Gasteiger partial charge in [-0.2, -0.15) is 4.98 Å². The van der Waals surface area contributed by atoms with Crippen LogP contribution in [-0.4, -0.2) is 25.6 Å². The van der Waals surface area contributed by atoms with Crippen molar-refractivity contribution in [3.63, 3.8) is 0 Å². The predicted octanol–water partition coefficient (Wildman–Crippen LogP) is 5.15. The minimum atomic E-state index is -0.553. The molecule has 5 rings (SSSR count).